The van der Waals surface area contributed by atoms with E-state index >= 15 is 0 Å². The van der Waals surface area contributed by atoms with Gasteiger partial charge in [0.2, 0.25) is 11.8 Å². The van der Waals surface area contributed by atoms with E-state index in [0.29, 0.717) is 48.9 Å². The van der Waals surface area contributed by atoms with Gasteiger partial charge in [0, 0.05) is 32.6 Å². The van der Waals surface area contributed by atoms with Crippen molar-refractivity contribution in [3.05, 3.63) is 33.8 Å². The molecule has 0 radical (unpaired) electrons. The summed E-state index contributed by atoms with van der Waals surface area (Å²) in [6.07, 6.45) is 2.53. The first-order valence-corrected chi connectivity index (χ1v) is 10.5. The number of amides is 2. The molecule has 0 spiro atoms. The Morgan fingerprint density at radius 3 is 2.71 bits per heavy atom. The van der Waals surface area contributed by atoms with Crippen molar-refractivity contribution in [1.82, 2.24) is 15.1 Å². The molecule has 1 N–H and O–H groups in total. The Balaban J connectivity index is 1.61. The van der Waals surface area contributed by atoms with Crippen LogP contribution in [0.15, 0.2) is 18.2 Å². The van der Waals surface area contributed by atoms with Gasteiger partial charge in [0.1, 0.15) is 0 Å². The molecule has 1 aromatic carbocycles. The maximum absolute atomic E-state index is 12.9. The van der Waals surface area contributed by atoms with Gasteiger partial charge in [-0.1, -0.05) is 29.3 Å². The summed E-state index contributed by atoms with van der Waals surface area (Å²) in [6, 6.07) is 5.48. The minimum Gasteiger partial charge on any atom is -0.378 e. The molecular formula is C20H27Cl2N3O3. The lowest BCUT2D eigenvalue weighted by molar-refractivity contribution is -0.143. The predicted octanol–water partition coefficient (Wildman–Crippen LogP) is 2.36. The van der Waals surface area contributed by atoms with Gasteiger partial charge >= 0.3 is 0 Å². The lowest BCUT2D eigenvalue weighted by atomic mass is 10.1. The number of rotatable bonds is 6. The van der Waals surface area contributed by atoms with Gasteiger partial charge in [-0.15, -0.1) is 0 Å². The highest BCUT2D eigenvalue weighted by molar-refractivity contribution is 6.42. The van der Waals surface area contributed by atoms with E-state index in [1.54, 1.807) is 24.0 Å². The molecule has 2 atom stereocenters. The number of piperazine rings is 1. The molecule has 2 saturated heterocycles. The van der Waals surface area contributed by atoms with E-state index in [9.17, 15) is 9.59 Å². The van der Waals surface area contributed by atoms with E-state index in [1.807, 2.05) is 11.0 Å². The zero-order chi connectivity index (χ0) is 20.1. The van der Waals surface area contributed by atoms with E-state index in [-0.39, 0.29) is 24.3 Å². The molecule has 154 valence electrons. The van der Waals surface area contributed by atoms with Crippen LogP contribution >= 0.6 is 23.2 Å². The summed E-state index contributed by atoms with van der Waals surface area (Å²) in [5, 5.41) is 4.32. The smallest absolute Gasteiger partial charge is 0.227 e. The van der Waals surface area contributed by atoms with Crippen LogP contribution in [0.25, 0.3) is 0 Å². The van der Waals surface area contributed by atoms with Crippen molar-refractivity contribution in [2.45, 2.75) is 38.3 Å². The van der Waals surface area contributed by atoms with Gasteiger partial charge in [-0.3, -0.25) is 9.59 Å². The summed E-state index contributed by atoms with van der Waals surface area (Å²) in [5.74, 6) is 0.0354. The SMILES string of the molecule is CC(=O)N1CCN(C(=O)Cc2ccc(Cl)c(Cl)c2)C(COCC2CCCN2)C1. The number of nitrogens with zero attached hydrogens (tertiary/aromatic N) is 2. The highest BCUT2D eigenvalue weighted by Crippen LogP contribution is 2.23. The van der Waals surface area contributed by atoms with Crippen LogP contribution in [0.3, 0.4) is 0 Å². The number of ether oxygens (including phenoxy) is 1. The van der Waals surface area contributed by atoms with Crippen molar-refractivity contribution in [3.63, 3.8) is 0 Å². The van der Waals surface area contributed by atoms with Crippen LogP contribution in [-0.4, -0.2) is 73.1 Å². The van der Waals surface area contributed by atoms with Crippen molar-refractivity contribution < 1.29 is 14.3 Å². The van der Waals surface area contributed by atoms with Crippen molar-refractivity contribution in [2.75, 3.05) is 39.4 Å². The van der Waals surface area contributed by atoms with Crippen LogP contribution in [0.2, 0.25) is 10.0 Å². The average molecular weight is 428 g/mol. The first-order valence-electron chi connectivity index (χ1n) is 9.74. The third kappa shape index (κ3) is 5.60. The molecule has 2 aliphatic heterocycles. The number of halogens is 2. The minimum absolute atomic E-state index is 0.00850. The largest absolute Gasteiger partial charge is 0.378 e. The molecule has 3 rings (SSSR count). The fraction of sp³-hybridized carbons (Fsp3) is 0.600. The topological polar surface area (TPSA) is 61.9 Å². The van der Waals surface area contributed by atoms with Crippen LogP contribution < -0.4 is 5.32 Å². The molecule has 1 aromatic rings. The summed E-state index contributed by atoms with van der Waals surface area (Å²) >= 11 is 12.0. The Hall–Kier alpha value is -1.34. The molecule has 8 heteroatoms. The number of nitrogens with one attached hydrogen (secondary N) is 1. The Morgan fingerprint density at radius 1 is 1.21 bits per heavy atom. The lowest BCUT2D eigenvalue weighted by Crippen LogP contribution is -2.58. The summed E-state index contributed by atoms with van der Waals surface area (Å²) in [4.78, 5) is 28.4. The molecule has 0 bridgehead atoms. The molecule has 2 fully saturated rings. The average Bonchev–Trinajstić information content (AvgIpc) is 3.18. The first-order chi connectivity index (χ1) is 13.4. The van der Waals surface area contributed by atoms with E-state index in [1.165, 1.54) is 6.42 Å². The van der Waals surface area contributed by atoms with Gasteiger partial charge < -0.3 is 19.9 Å². The van der Waals surface area contributed by atoms with E-state index in [0.717, 1.165) is 18.5 Å². The summed E-state index contributed by atoms with van der Waals surface area (Å²) in [6.45, 7) is 5.21. The van der Waals surface area contributed by atoms with Gasteiger partial charge in [0.15, 0.2) is 0 Å². The van der Waals surface area contributed by atoms with Crippen LogP contribution in [0, 0.1) is 0 Å². The molecule has 6 nitrogen and oxygen atoms in total. The molecular weight excluding hydrogens is 401 g/mol. The number of hydrogen-bond donors (Lipinski definition) is 1. The lowest BCUT2D eigenvalue weighted by Gasteiger charge is -2.41. The third-order valence-electron chi connectivity index (χ3n) is 5.38. The van der Waals surface area contributed by atoms with Crippen LogP contribution in [0.4, 0.5) is 0 Å². The summed E-state index contributed by atoms with van der Waals surface area (Å²) < 4.78 is 5.92. The van der Waals surface area contributed by atoms with Gasteiger partial charge in [0.05, 0.1) is 35.7 Å². The first kappa shape index (κ1) is 21.4. The molecule has 2 amide bonds. The van der Waals surface area contributed by atoms with E-state index < -0.39 is 0 Å². The highest BCUT2D eigenvalue weighted by atomic mass is 35.5. The van der Waals surface area contributed by atoms with Gasteiger partial charge in [-0.2, -0.15) is 0 Å². The molecule has 28 heavy (non-hydrogen) atoms. The third-order valence-corrected chi connectivity index (χ3v) is 6.12. The Kier molecular flexibility index (Phi) is 7.57. The van der Waals surface area contributed by atoms with Crippen LogP contribution in [0.5, 0.6) is 0 Å². The summed E-state index contributed by atoms with van der Waals surface area (Å²) in [5.41, 5.74) is 0.822. The maximum Gasteiger partial charge on any atom is 0.227 e. The van der Waals surface area contributed by atoms with E-state index in [4.69, 9.17) is 27.9 Å². The second kappa shape index (κ2) is 9.92. The van der Waals surface area contributed by atoms with Crippen LogP contribution in [0.1, 0.15) is 25.3 Å². The molecule has 2 heterocycles. The number of carbonyl (C=O) groups is 2. The minimum atomic E-state index is -0.144. The van der Waals surface area contributed by atoms with Gasteiger partial charge in [-0.25, -0.2) is 0 Å². The molecule has 2 aliphatic rings. The Bertz CT molecular complexity index is 710. The number of hydrogen-bond acceptors (Lipinski definition) is 4. The second-order valence-electron chi connectivity index (χ2n) is 7.46. The molecule has 0 saturated carbocycles. The second-order valence-corrected chi connectivity index (χ2v) is 8.28. The Morgan fingerprint density at radius 2 is 2.04 bits per heavy atom. The maximum atomic E-state index is 12.9. The van der Waals surface area contributed by atoms with Crippen LogP contribution in [-0.2, 0) is 20.7 Å². The van der Waals surface area contributed by atoms with Crippen molar-refractivity contribution in [2.24, 2.45) is 0 Å². The fourth-order valence-corrected chi connectivity index (χ4v) is 4.10. The predicted molar refractivity (Wildman–Crippen MR) is 110 cm³/mol. The molecule has 2 unspecified atom stereocenters. The zero-order valence-electron chi connectivity index (χ0n) is 16.1. The summed E-state index contributed by atoms with van der Waals surface area (Å²) in [7, 11) is 0. The van der Waals surface area contributed by atoms with Gasteiger partial charge in [-0.05, 0) is 37.1 Å². The molecule has 0 aromatic heterocycles. The number of carbonyl (C=O) groups excluding carboxylic acids is 2. The molecule has 0 aliphatic carbocycles. The van der Waals surface area contributed by atoms with Crippen molar-refractivity contribution in [3.8, 4) is 0 Å². The Labute approximate surface area is 176 Å². The fourth-order valence-electron chi connectivity index (χ4n) is 3.78. The monoisotopic (exact) mass is 427 g/mol. The zero-order valence-corrected chi connectivity index (χ0v) is 17.6. The normalized spacial score (nSPS) is 22.5. The highest BCUT2D eigenvalue weighted by Gasteiger charge is 2.32. The standard InChI is InChI=1S/C20H27Cl2N3O3/c1-14(26)24-7-8-25(17(11-24)13-28-12-16-3-2-6-23-16)20(27)10-15-4-5-18(21)19(22)9-15/h4-5,9,16-17,23H,2-3,6-8,10-13H2,1H3. The number of benzene rings is 1. The van der Waals surface area contributed by atoms with Gasteiger partial charge in [0.25, 0.3) is 0 Å². The quantitative estimate of drug-likeness (QED) is 0.756. The van der Waals surface area contributed by atoms with E-state index in [2.05, 4.69) is 5.32 Å². The van der Waals surface area contributed by atoms with Crippen molar-refractivity contribution >= 4 is 35.0 Å². The van der Waals surface area contributed by atoms with Crippen molar-refractivity contribution in [1.29, 1.82) is 0 Å².